The zero-order valence-electron chi connectivity index (χ0n) is 9.36. The molecule has 1 atom stereocenters. The van der Waals surface area contributed by atoms with Crippen LogP contribution in [0.3, 0.4) is 0 Å². The number of benzene rings is 1. The number of aliphatic hydroxyl groups excluding tert-OH is 1. The number of aliphatic hydroxyl groups is 1. The molecule has 0 aliphatic heterocycles. The molecule has 8 heteroatoms. The van der Waals surface area contributed by atoms with Crippen molar-refractivity contribution in [3.63, 3.8) is 0 Å². The largest absolute Gasteiger partial charge is 0.416 e. The number of hydrogen-bond donors (Lipinski definition) is 2. The molecule has 1 aromatic carbocycles. The number of nitrogens with one attached hydrogen (secondary N) is 1. The normalized spacial score (nSPS) is 13.2. The van der Waals surface area contributed by atoms with E-state index in [0.29, 0.717) is 6.07 Å². The van der Waals surface area contributed by atoms with Crippen molar-refractivity contribution in [1.82, 2.24) is 0 Å². The maximum atomic E-state index is 12.4. The highest BCUT2D eigenvalue weighted by Gasteiger charge is 2.33. The van der Waals surface area contributed by atoms with Crippen molar-refractivity contribution in [1.29, 1.82) is 0 Å². The van der Waals surface area contributed by atoms with Crippen LogP contribution in [0.2, 0.25) is 0 Å². The molecule has 1 rings (SSSR count). The number of rotatable bonds is 4. The highest BCUT2D eigenvalue weighted by Crippen LogP contribution is 2.35. The van der Waals surface area contributed by atoms with Crippen LogP contribution in [-0.2, 0) is 6.18 Å². The van der Waals surface area contributed by atoms with Crippen LogP contribution in [0, 0.1) is 10.1 Å². The third-order valence-electron chi connectivity index (χ3n) is 2.20. The number of hydrogen-bond acceptors (Lipinski definition) is 4. The second-order valence-electron chi connectivity index (χ2n) is 3.71. The Morgan fingerprint density at radius 1 is 1.50 bits per heavy atom. The van der Waals surface area contributed by atoms with Crippen LogP contribution >= 0.6 is 0 Å². The first-order valence-electron chi connectivity index (χ1n) is 4.98. The van der Waals surface area contributed by atoms with Crippen molar-refractivity contribution in [3.05, 3.63) is 33.9 Å². The Morgan fingerprint density at radius 3 is 2.56 bits per heavy atom. The fourth-order valence-electron chi connectivity index (χ4n) is 1.29. The quantitative estimate of drug-likeness (QED) is 0.646. The van der Waals surface area contributed by atoms with Crippen LogP contribution in [-0.4, -0.2) is 22.7 Å². The zero-order chi connectivity index (χ0) is 13.9. The fourth-order valence-corrected chi connectivity index (χ4v) is 1.29. The first-order valence-corrected chi connectivity index (χ1v) is 4.98. The monoisotopic (exact) mass is 264 g/mol. The topological polar surface area (TPSA) is 75.4 Å². The molecule has 0 aliphatic rings. The Morgan fingerprint density at radius 2 is 2.11 bits per heavy atom. The molecule has 5 nitrogen and oxygen atoms in total. The van der Waals surface area contributed by atoms with Crippen molar-refractivity contribution >= 4 is 11.4 Å². The Labute approximate surface area is 100 Å². The van der Waals surface area contributed by atoms with Gasteiger partial charge >= 0.3 is 6.18 Å². The van der Waals surface area contributed by atoms with Gasteiger partial charge in [0.25, 0.3) is 5.69 Å². The number of anilines is 1. The summed E-state index contributed by atoms with van der Waals surface area (Å²) in [5.74, 6) is 0. The van der Waals surface area contributed by atoms with Gasteiger partial charge in [-0.05, 0) is 19.1 Å². The second-order valence-corrected chi connectivity index (χ2v) is 3.71. The molecule has 0 aliphatic carbocycles. The molecule has 0 radical (unpaired) electrons. The van der Waals surface area contributed by atoms with Gasteiger partial charge in [-0.15, -0.1) is 0 Å². The predicted molar refractivity (Wildman–Crippen MR) is 58.3 cm³/mol. The molecule has 0 saturated heterocycles. The van der Waals surface area contributed by atoms with Crippen LogP contribution in [0.5, 0.6) is 0 Å². The Bertz CT molecular complexity index is 448. The molecule has 1 aromatic rings. The van der Waals surface area contributed by atoms with Crippen LogP contribution in [0.15, 0.2) is 18.2 Å². The van der Waals surface area contributed by atoms with Crippen molar-refractivity contribution in [3.8, 4) is 0 Å². The SMILES string of the molecule is CC(CO)Nc1ccc(C(F)(F)F)cc1[N+](=O)[O-]. The van der Waals surface area contributed by atoms with E-state index in [-0.39, 0.29) is 12.3 Å². The average molecular weight is 264 g/mol. The van der Waals surface area contributed by atoms with E-state index in [1.54, 1.807) is 6.92 Å². The van der Waals surface area contributed by atoms with Gasteiger partial charge in [-0.25, -0.2) is 0 Å². The molecule has 0 fully saturated rings. The van der Waals surface area contributed by atoms with E-state index >= 15 is 0 Å². The van der Waals surface area contributed by atoms with E-state index in [9.17, 15) is 23.3 Å². The van der Waals surface area contributed by atoms with E-state index < -0.39 is 28.4 Å². The fraction of sp³-hybridized carbons (Fsp3) is 0.400. The van der Waals surface area contributed by atoms with E-state index in [1.165, 1.54) is 0 Å². The first kappa shape index (κ1) is 14.2. The summed E-state index contributed by atoms with van der Waals surface area (Å²) < 4.78 is 37.2. The van der Waals surface area contributed by atoms with E-state index in [1.807, 2.05) is 0 Å². The molecule has 0 aromatic heterocycles. The lowest BCUT2D eigenvalue weighted by Gasteiger charge is -2.14. The summed E-state index contributed by atoms with van der Waals surface area (Å²) in [5.41, 5.74) is -1.82. The summed E-state index contributed by atoms with van der Waals surface area (Å²) in [6.45, 7) is 1.25. The maximum absolute atomic E-state index is 12.4. The predicted octanol–water partition coefficient (Wildman–Crippen LogP) is 2.41. The Kier molecular flexibility index (Phi) is 4.12. The molecule has 0 spiro atoms. The lowest BCUT2D eigenvalue weighted by atomic mass is 10.1. The lowest BCUT2D eigenvalue weighted by molar-refractivity contribution is -0.384. The van der Waals surface area contributed by atoms with Gasteiger partial charge in [0.1, 0.15) is 5.69 Å². The van der Waals surface area contributed by atoms with E-state index in [2.05, 4.69) is 5.32 Å². The van der Waals surface area contributed by atoms with Crippen molar-refractivity contribution in [2.45, 2.75) is 19.1 Å². The third kappa shape index (κ3) is 3.33. The van der Waals surface area contributed by atoms with Gasteiger partial charge in [0.15, 0.2) is 0 Å². The summed E-state index contributed by atoms with van der Waals surface area (Å²) in [7, 11) is 0. The molecule has 2 N–H and O–H groups in total. The van der Waals surface area contributed by atoms with E-state index in [0.717, 1.165) is 12.1 Å². The highest BCUT2D eigenvalue weighted by atomic mass is 19.4. The standard InChI is InChI=1S/C10H11F3N2O3/c1-6(5-16)14-8-3-2-7(10(11,12)13)4-9(8)15(17)18/h2-4,6,14,16H,5H2,1H3. The summed E-state index contributed by atoms with van der Waals surface area (Å²) in [4.78, 5) is 9.81. The Hall–Kier alpha value is -1.83. The number of nitro benzene ring substituents is 1. The van der Waals surface area contributed by atoms with Crippen LogP contribution in [0.25, 0.3) is 0 Å². The van der Waals surface area contributed by atoms with E-state index in [4.69, 9.17) is 5.11 Å². The zero-order valence-corrected chi connectivity index (χ0v) is 9.36. The minimum atomic E-state index is -4.63. The molecule has 100 valence electrons. The van der Waals surface area contributed by atoms with Crippen LogP contribution in [0.4, 0.5) is 24.5 Å². The second kappa shape index (κ2) is 5.21. The first-order chi connectivity index (χ1) is 8.25. The minimum absolute atomic E-state index is 0.0606. The van der Waals surface area contributed by atoms with Gasteiger partial charge in [-0.3, -0.25) is 10.1 Å². The molecule has 0 heterocycles. The van der Waals surface area contributed by atoms with Gasteiger partial charge in [-0.2, -0.15) is 13.2 Å². The number of nitrogens with zero attached hydrogens (tertiary/aromatic N) is 1. The molecule has 0 bridgehead atoms. The molecule has 0 saturated carbocycles. The number of alkyl halides is 3. The van der Waals surface area contributed by atoms with Crippen molar-refractivity contribution < 1.29 is 23.2 Å². The number of nitro groups is 1. The third-order valence-corrected chi connectivity index (χ3v) is 2.20. The molecular weight excluding hydrogens is 253 g/mol. The summed E-state index contributed by atoms with van der Waals surface area (Å²) in [6.07, 6.45) is -4.63. The molecule has 0 amide bonds. The van der Waals surface area contributed by atoms with Gasteiger partial charge in [0.2, 0.25) is 0 Å². The minimum Gasteiger partial charge on any atom is -0.394 e. The van der Waals surface area contributed by atoms with Crippen molar-refractivity contribution in [2.24, 2.45) is 0 Å². The van der Waals surface area contributed by atoms with Gasteiger partial charge in [0.05, 0.1) is 17.1 Å². The van der Waals surface area contributed by atoms with Crippen LogP contribution < -0.4 is 5.32 Å². The average Bonchev–Trinajstić information content (AvgIpc) is 2.27. The molecular formula is C10H11F3N2O3. The van der Waals surface area contributed by atoms with Gasteiger partial charge in [0, 0.05) is 12.1 Å². The molecule has 18 heavy (non-hydrogen) atoms. The highest BCUT2D eigenvalue weighted by molar-refractivity contribution is 5.63. The van der Waals surface area contributed by atoms with Crippen molar-refractivity contribution in [2.75, 3.05) is 11.9 Å². The lowest BCUT2D eigenvalue weighted by Crippen LogP contribution is -2.20. The summed E-state index contributed by atoms with van der Waals surface area (Å²) in [5, 5.41) is 22.1. The summed E-state index contributed by atoms with van der Waals surface area (Å²) in [6, 6.07) is 1.69. The van der Waals surface area contributed by atoms with Gasteiger partial charge in [-0.1, -0.05) is 0 Å². The van der Waals surface area contributed by atoms with Crippen LogP contribution in [0.1, 0.15) is 12.5 Å². The molecule has 1 unspecified atom stereocenters. The maximum Gasteiger partial charge on any atom is 0.416 e. The van der Waals surface area contributed by atoms with Gasteiger partial charge < -0.3 is 10.4 Å². The summed E-state index contributed by atoms with van der Waals surface area (Å²) >= 11 is 0. The smallest absolute Gasteiger partial charge is 0.394 e. The Balaban J connectivity index is 3.17. The number of halogens is 3.